The zero-order valence-corrected chi connectivity index (χ0v) is 13.1. The van der Waals surface area contributed by atoms with Gasteiger partial charge < -0.3 is 9.66 Å². The minimum Gasteiger partial charge on any atom is -0.755 e. The number of carbonyl (C=O) groups is 1. The molecule has 0 saturated carbocycles. The van der Waals surface area contributed by atoms with E-state index in [1.165, 1.54) is 12.1 Å². The molecular weight excluding hydrogens is 302 g/mol. The first-order chi connectivity index (χ1) is 10.4. The van der Waals surface area contributed by atoms with Crippen molar-refractivity contribution in [1.29, 1.82) is 0 Å². The van der Waals surface area contributed by atoms with Gasteiger partial charge in [-0.25, -0.2) is 4.79 Å². The van der Waals surface area contributed by atoms with E-state index in [1.807, 2.05) is 19.1 Å². The fraction of sp³-hybridized carbons (Fsp3) is 0.188. The van der Waals surface area contributed by atoms with Crippen molar-refractivity contribution in [3.05, 3.63) is 59.2 Å². The Morgan fingerprint density at radius 1 is 1.23 bits per heavy atom. The number of hydrogen-bond donors (Lipinski definition) is 1. The Labute approximate surface area is 131 Å². The van der Waals surface area contributed by atoms with Crippen LogP contribution in [0.2, 0.25) is 0 Å². The highest BCUT2D eigenvalue weighted by atomic mass is 32.2. The van der Waals surface area contributed by atoms with Crippen LogP contribution < -0.4 is 4.31 Å². The summed E-state index contributed by atoms with van der Waals surface area (Å²) in [6, 6.07) is 11.5. The van der Waals surface area contributed by atoms with Crippen LogP contribution in [0, 0.1) is 6.92 Å². The van der Waals surface area contributed by atoms with E-state index in [0.717, 1.165) is 16.3 Å². The van der Waals surface area contributed by atoms with Crippen molar-refractivity contribution in [2.75, 3.05) is 4.31 Å². The lowest BCUT2D eigenvalue weighted by Crippen LogP contribution is -2.21. The average molecular weight is 318 g/mol. The molecule has 0 aromatic heterocycles. The number of carboxylic acid groups (broad SMARTS) is 1. The molecule has 5 nitrogen and oxygen atoms in total. The van der Waals surface area contributed by atoms with Crippen LogP contribution in [0.4, 0.5) is 11.4 Å². The Kier molecular flexibility index (Phi) is 4.95. The number of benzene rings is 2. The standard InChI is InChI=1S/C16H17NO4S/c1-3-12-5-8-14(9-6-12)17(22(20)21)15-10-13(16(18)19)7-4-11(15)2/h4-10H,3H2,1-2H3,(H,18,19)(H,20,21)/p-1. The molecule has 0 fully saturated rings. The van der Waals surface area contributed by atoms with Gasteiger partial charge >= 0.3 is 5.97 Å². The van der Waals surface area contributed by atoms with Gasteiger partial charge in [-0.15, -0.1) is 0 Å². The van der Waals surface area contributed by atoms with Crippen LogP contribution in [-0.4, -0.2) is 19.8 Å². The molecule has 0 saturated heterocycles. The Bertz CT molecular complexity index is 713. The summed E-state index contributed by atoms with van der Waals surface area (Å²) in [6.45, 7) is 3.75. The van der Waals surface area contributed by atoms with Crippen LogP contribution in [0.3, 0.4) is 0 Å². The third kappa shape index (κ3) is 3.35. The van der Waals surface area contributed by atoms with E-state index in [1.54, 1.807) is 25.1 Å². The normalized spacial score (nSPS) is 12.0. The molecule has 0 heterocycles. The molecule has 0 amide bonds. The van der Waals surface area contributed by atoms with E-state index in [-0.39, 0.29) is 5.56 Å². The van der Waals surface area contributed by atoms with Gasteiger partial charge in [0.1, 0.15) is 0 Å². The highest BCUT2D eigenvalue weighted by Gasteiger charge is 2.15. The highest BCUT2D eigenvalue weighted by molar-refractivity contribution is 7.81. The van der Waals surface area contributed by atoms with Crippen LogP contribution in [0.25, 0.3) is 0 Å². The first-order valence-electron chi connectivity index (χ1n) is 6.76. The van der Waals surface area contributed by atoms with Crippen molar-refractivity contribution in [3.63, 3.8) is 0 Å². The van der Waals surface area contributed by atoms with Crippen molar-refractivity contribution < 1.29 is 18.7 Å². The lowest BCUT2D eigenvalue weighted by molar-refractivity contribution is 0.0697. The minimum atomic E-state index is -2.56. The maximum Gasteiger partial charge on any atom is 0.335 e. The summed E-state index contributed by atoms with van der Waals surface area (Å²) in [5.41, 5.74) is 2.61. The number of aryl methyl sites for hydroxylation is 2. The Hall–Kier alpha value is -2.18. The molecule has 0 aliphatic carbocycles. The van der Waals surface area contributed by atoms with E-state index in [9.17, 15) is 13.6 Å². The van der Waals surface area contributed by atoms with Crippen LogP contribution in [0.1, 0.15) is 28.4 Å². The number of nitrogens with zero attached hydrogens (tertiary/aromatic N) is 1. The fourth-order valence-corrected chi connectivity index (χ4v) is 2.78. The molecule has 0 aliphatic heterocycles. The molecule has 0 spiro atoms. The van der Waals surface area contributed by atoms with Gasteiger partial charge in [-0.2, -0.15) is 0 Å². The fourth-order valence-electron chi connectivity index (χ4n) is 2.13. The number of carboxylic acids is 1. The molecule has 2 aromatic rings. The third-order valence-electron chi connectivity index (χ3n) is 3.40. The zero-order valence-electron chi connectivity index (χ0n) is 12.3. The van der Waals surface area contributed by atoms with Crippen molar-refractivity contribution in [2.24, 2.45) is 0 Å². The van der Waals surface area contributed by atoms with Crippen LogP contribution >= 0.6 is 0 Å². The van der Waals surface area contributed by atoms with E-state index in [4.69, 9.17) is 5.11 Å². The topological polar surface area (TPSA) is 80.7 Å². The number of hydrogen-bond acceptors (Lipinski definition) is 3. The molecule has 2 rings (SSSR count). The first kappa shape index (κ1) is 16.2. The first-order valence-corrected chi connectivity index (χ1v) is 7.79. The number of rotatable bonds is 5. The zero-order chi connectivity index (χ0) is 16.3. The summed E-state index contributed by atoms with van der Waals surface area (Å²) in [5, 5.41) is 9.09. The Morgan fingerprint density at radius 3 is 2.36 bits per heavy atom. The van der Waals surface area contributed by atoms with Gasteiger partial charge in [0.05, 0.1) is 28.2 Å². The summed E-state index contributed by atoms with van der Waals surface area (Å²) >= 11 is -2.56. The van der Waals surface area contributed by atoms with Gasteiger partial charge in [-0.3, -0.25) is 8.51 Å². The molecule has 0 bridgehead atoms. The van der Waals surface area contributed by atoms with Crippen molar-refractivity contribution in [1.82, 2.24) is 0 Å². The van der Waals surface area contributed by atoms with E-state index >= 15 is 0 Å². The lowest BCUT2D eigenvalue weighted by atomic mass is 10.1. The predicted octanol–water partition coefficient (Wildman–Crippen LogP) is 3.19. The molecule has 0 radical (unpaired) electrons. The molecule has 6 heteroatoms. The van der Waals surface area contributed by atoms with Gasteiger partial charge in [0.15, 0.2) is 0 Å². The highest BCUT2D eigenvalue weighted by Crippen LogP contribution is 2.30. The van der Waals surface area contributed by atoms with E-state index in [2.05, 4.69) is 0 Å². The van der Waals surface area contributed by atoms with Gasteiger partial charge in [-0.05, 0) is 48.7 Å². The molecule has 22 heavy (non-hydrogen) atoms. The Morgan fingerprint density at radius 2 is 1.86 bits per heavy atom. The molecule has 1 atom stereocenters. The smallest absolute Gasteiger partial charge is 0.335 e. The minimum absolute atomic E-state index is 0.0428. The van der Waals surface area contributed by atoms with Crippen LogP contribution in [0.15, 0.2) is 42.5 Å². The molecule has 1 unspecified atom stereocenters. The quantitative estimate of drug-likeness (QED) is 0.859. The summed E-state index contributed by atoms with van der Waals surface area (Å²) < 4.78 is 24.4. The van der Waals surface area contributed by atoms with Crippen molar-refractivity contribution in [3.8, 4) is 0 Å². The molecule has 0 aliphatic rings. The maximum absolute atomic E-state index is 11.7. The predicted molar refractivity (Wildman–Crippen MR) is 85.0 cm³/mol. The van der Waals surface area contributed by atoms with Crippen LogP contribution in [0.5, 0.6) is 0 Å². The van der Waals surface area contributed by atoms with E-state index < -0.39 is 17.2 Å². The summed E-state index contributed by atoms with van der Waals surface area (Å²) in [4.78, 5) is 11.1. The molecule has 2 aromatic carbocycles. The second-order valence-corrected chi connectivity index (χ2v) is 5.64. The number of aromatic carboxylic acids is 1. The van der Waals surface area contributed by atoms with Gasteiger partial charge in [-0.1, -0.05) is 25.1 Å². The second-order valence-electron chi connectivity index (χ2n) is 4.84. The van der Waals surface area contributed by atoms with Crippen molar-refractivity contribution in [2.45, 2.75) is 20.3 Å². The average Bonchev–Trinajstić information content (AvgIpc) is 2.49. The van der Waals surface area contributed by atoms with Gasteiger partial charge in [0, 0.05) is 0 Å². The van der Waals surface area contributed by atoms with Crippen molar-refractivity contribution >= 4 is 28.6 Å². The second kappa shape index (κ2) is 6.72. The third-order valence-corrected chi connectivity index (χ3v) is 4.11. The van der Waals surface area contributed by atoms with E-state index in [0.29, 0.717) is 16.9 Å². The molecule has 1 N–H and O–H groups in total. The maximum atomic E-state index is 11.7. The lowest BCUT2D eigenvalue weighted by Gasteiger charge is -2.28. The molecular formula is C16H16NO4S-. The molecule has 116 valence electrons. The van der Waals surface area contributed by atoms with Gasteiger partial charge in [0.25, 0.3) is 0 Å². The monoisotopic (exact) mass is 318 g/mol. The summed E-state index contributed by atoms with van der Waals surface area (Å²) in [6.07, 6.45) is 0.855. The number of anilines is 2. The Balaban J connectivity index is 2.54. The van der Waals surface area contributed by atoms with Crippen LogP contribution in [-0.2, 0) is 17.7 Å². The largest absolute Gasteiger partial charge is 0.755 e. The summed E-state index contributed by atoms with van der Waals surface area (Å²) in [5.74, 6) is -1.10. The summed E-state index contributed by atoms with van der Waals surface area (Å²) in [7, 11) is 0. The van der Waals surface area contributed by atoms with Gasteiger partial charge in [0.2, 0.25) is 0 Å². The SMILES string of the molecule is CCc1ccc(N(c2cc(C(=O)O)ccc2C)S(=O)[O-])cc1.